The molecule has 270 valence electrons. The minimum absolute atomic E-state index is 0.00955. The molecule has 7 rings (SSSR count). The largest absolute Gasteiger partial charge is 0.473 e. The van der Waals surface area contributed by atoms with Crippen LogP contribution in [0.2, 0.25) is 0 Å². The van der Waals surface area contributed by atoms with Gasteiger partial charge in [-0.05, 0) is 48.7 Å². The highest BCUT2D eigenvalue weighted by atomic mass is 19.1. The molecule has 3 aromatic heterocycles. The molecule has 0 saturated carbocycles. The summed E-state index contributed by atoms with van der Waals surface area (Å²) < 4.78 is 43.1. The van der Waals surface area contributed by atoms with E-state index in [1.807, 2.05) is 60.7 Å². The summed E-state index contributed by atoms with van der Waals surface area (Å²) in [5, 5.41) is 13.4. The van der Waals surface area contributed by atoms with Crippen LogP contribution in [0.4, 0.5) is 30.9 Å². The Hall–Kier alpha value is -6.57. The zero-order valence-electron chi connectivity index (χ0n) is 29.0. The number of carbonyl (C=O) groups is 2. The zero-order valence-corrected chi connectivity index (χ0v) is 29.0. The van der Waals surface area contributed by atoms with Crippen molar-refractivity contribution in [3.05, 3.63) is 131 Å². The number of pyridine rings is 1. The first kappa shape index (κ1) is 34.9. The van der Waals surface area contributed by atoms with Crippen LogP contribution in [0.15, 0.2) is 97.3 Å². The van der Waals surface area contributed by atoms with Crippen molar-refractivity contribution < 1.29 is 27.8 Å². The molecule has 0 aliphatic carbocycles. The van der Waals surface area contributed by atoms with E-state index in [4.69, 9.17) is 19.6 Å². The van der Waals surface area contributed by atoms with E-state index < -0.39 is 29.7 Å². The highest BCUT2D eigenvalue weighted by Gasteiger charge is 2.28. The van der Waals surface area contributed by atoms with Crippen LogP contribution in [0.3, 0.4) is 0 Å². The van der Waals surface area contributed by atoms with Crippen molar-refractivity contribution in [1.29, 1.82) is 0 Å². The van der Waals surface area contributed by atoms with Crippen LogP contribution in [-0.4, -0.2) is 50.8 Å². The van der Waals surface area contributed by atoms with Crippen LogP contribution >= 0.6 is 0 Å². The van der Waals surface area contributed by atoms with E-state index in [1.165, 1.54) is 24.4 Å². The Morgan fingerprint density at radius 2 is 1.72 bits per heavy atom. The minimum atomic E-state index is -0.794. The molecule has 14 heteroatoms. The van der Waals surface area contributed by atoms with Gasteiger partial charge in [-0.15, -0.1) is 0 Å². The number of nitrogens with one attached hydrogen (secondary N) is 3. The summed E-state index contributed by atoms with van der Waals surface area (Å²) in [5.41, 5.74) is 3.52. The van der Waals surface area contributed by atoms with Gasteiger partial charge in [0.2, 0.25) is 5.88 Å². The van der Waals surface area contributed by atoms with Gasteiger partial charge in [-0.1, -0.05) is 66.7 Å². The SMILES string of the molecule is CCOC(=O)Nc1ccc(-c2c3nc4c(cnn4c2N(Cc2ccccc2)Cc2ccccc2)C(=O)NC[C@H](C)Oc2ncc(F)cc2CN3)cc1F. The van der Waals surface area contributed by atoms with E-state index in [-0.39, 0.29) is 48.3 Å². The number of halogens is 2. The maximum Gasteiger partial charge on any atom is 0.411 e. The molecule has 1 aliphatic rings. The fourth-order valence-electron chi connectivity index (χ4n) is 6.13. The summed E-state index contributed by atoms with van der Waals surface area (Å²) in [5.74, 6) is -0.799. The van der Waals surface area contributed by atoms with Crippen molar-refractivity contribution in [2.24, 2.45) is 0 Å². The monoisotopic (exact) mass is 718 g/mol. The quantitative estimate of drug-likeness (QED) is 0.153. The molecule has 53 heavy (non-hydrogen) atoms. The number of amides is 2. The summed E-state index contributed by atoms with van der Waals surface area (Å²) in [6, 6.07) is 25.3. The number of nitrogens with zero attached hydrogens (tertiary/aromatic N) is 5. The second-order valence-corrected chi connectivity index (χ2v) is 12.4. The van der Waals surface area contributed by atoms with E-state index >= 15 is 4.39 Å². The Morgan fingerprint density at radius 1 is 1.00 bits per heavy atom. The summed E-state index contributed by atoms with van der Waals surface area (Å²) in [4.78, 5) is 37.1. The Morgan fingerprint density at radius 3 is 2.40 bits per heavy atom. The second-order valence-electron chi connectivity index (χ2n) is 12.4. The van der Waals surface area contributed by atoms with Gasteiger partial charge in [-0.3, -0.25) is 10.1 Å². The molecule has 1 atom stereocenters. The number of hydrogen-bond donors (Lipinski definition) is 3. The number of benzene rings is 3. The molecule has 3 N–H and O–H groups in total. The molecule has 2 amide bonds. The van der Waals surface area contributed by atoms with Gasteiger partial charge in [0.05, 0.1) is 36.8 Å². The molecule has 0 unspecified atom stereocenters. The third-order valence-electron chi connectivity index (χ3n) is 8.57. The molecule has 12 nitrogen and oxygen atoms in total. The number of anilines is 3. The van der Waals surface area contributed by atoms with Crippen LogP contribution in [0.1, 0.15) is 40.9 Å². The summed E-state index contributed by atoms with van der Waals surface area (Å²) in [7, 11) is 0. The van der Waals surface area contributed by atoms with E-state index in [0.29, 0.717) is 35.6 Å². The zero-order chi connectivity index (χ0) is 36.9. The predicted molar refractivity (Wildman–Crippen MR) is 196 cm³/mol. The van der Waals surface area contributed by atoms with Crippen molar-refractivity contribution in [2.75, 3.05) is 28.7 Å². The smallest absolute Gasteiger partial charge is 0.411 e. The predicted octanol–water partition coefficient (Wildman–Crippen LogP) is 6.97. The van der Waals surface area contributed by atoms with Crippen molar-refractivity contribution in [1.82, 2.24) is 24.9 Å². The Balaban J connectivity index is 1.48. The highest BCUT2D eigenvalue weighted by Crippen LogP contribution is 2.40. The van der Waals surface area contributed by atoms with Crippen molar-refractivity contribution in [3.8, 4) is 17.0 Å². The Labute approximate surface area is 303 Å². The normalized spacial score (nSPS) is 14.1. The number of fused-ring (bicyclic) bond motifs is 2. The van der Waals surface area contributed by atoms with E-state index in [2.05, 4.69) is 25.8 Å². The standard InChI is InChI=1S/C39H36F2N8O4/c1-3-52-39(51)46-32-15-14-27(17-31(32)41)33-34-42-19-28-16-29(40)20-44-37(28)53-24(2)18-43-36(50)30-21-45-49(35(30)47-34)38(33)48(22-25-10-6-4-7-11-25)23-26-12-8-5-9-13-26/h4-17,20-21,24H,3,18-19,22-23H2,1-2H3,(H,42,47)(H,43,50)(H,46,51)/t24-/m0/s1. The van der Waals surface area contributed by atoms with Gasteiger partial charge < -0.3 is 25.0 Å². The van der Waals surface area contributed by atoms with Gasteiger partial charge in [0.25, 0.3) is 5.91 Å². The summed E-state index contributed by atoms with van der Waals surface area (Å²) in [6.07, 6.45) is 1.20. The lowest BCUT2D eigenvalue weighted by Gasteiger charge is -2.29. The van der Waals surface area contributed by atoms with E-state index in [1.54, 1.807) is 24.4 Å². The van der Waals surface area contributed by atoms with Gasteiger partial charge in [0, 0.05) is 25.2 Å². The second kappa shape index (κ2) is 15.4. The van der Waals surface area contributed by atoms with Crippen LogP contribution in [0.5, 0.6) is 5.88 Å². The molecule has 2 bridgehead atoms. The average Bonchev–Trinajstić information content (AvgIpc) is 3.58. The van der Waals surface area contributed by atoms with Gasteiger partial charge in [0.15, 0.2) is 5.65 Å². The first-order valence-electron chi connectivity index (χ1n) is 17.1. The number of aromatic nitrogens is 4. The molecular weight excluding hydrogens is 682 g/mol. The van der Waals surface area contributed by atoms with Crippen LogP contribution < -0.4 is 25.6 Å². The molecule has 0 spiro atoms. The maximum atomic E-state index is 15.9. The first-order valence-corrected chi connectivity index (χ1v) is 17.1. The molecule has 0 radical (unpaired) electrons. The third kappa shape index (κ3) is 7.71. The third-order valence-corrected chi connectivity index (χ3v) is 8.57. The summed E-state index contributed by atoms with van der Waals surface area (Å²) >= 11 is 0. The van der Waals surface area contributed by atoms with Gasteiger partial charge in [-0.2, -0.15) is 9.61 Å². The molecule has 4 heterocycles. The lowest BCUT2D eigenvalue weighted by Crippen LogP contribution is -2.34. The molecule has 0 fully saturated rings. The Bertz CT molecular complexity index is 2230. The van der Waals surface area contributed by atoms with Crippen LogP contribution in [0, 0.1) is 11.6 Å². The van der Waals surface area contributed by atoms with Gasteiger partial charge in [0.1, 0.15) is 34.9 Å². The summed E-state index contributed by atoms with van der Waals surface area (Å²) in [6.45, 7) is 4.44. The molecule has 6 aromatic rings. The maximum absolute atomic E-state index is 15.9. The topological polar surface area (TPSA) is 135 Å². The molecule has 3 aromatic carbocycles. The lowest BCUT2D eigenvalue weighted by atomic mass is 10.0. The van der Waals surface area contributed by atoms with Gasteiger partial charge in [-0.25, -0.2) is 23.5 Å². The fourth-order valence-corrected chi connectivity index (χ4v) is 6.13. The van der Waals surface area contributed by atoms with Crippen molar-refractivity contribution in [2.45, 2.75) is 39.6 Å². The van der Waals surface area contributed by atoms with E-state index in [9.17, 15) is 14.0 Å². The Kier molecular flexibility index (Phi) is 10.1. The van der Waals surface area contributed by atoms with Crippen molar-refractivity contribution in [3.63, 3.8) is 0 Å². The average molecular weight is 719 g/mol. The highest BCUT2D eigenvalue weighted by molar-refractivity contribution is 6.01. The lowest BCUT2D eigenvalue weighted by molar-refractivity contribution is 0.0932. The fraction of sp³-hybridized carbons (Fsp3) is 0.205. The molecule has 0 saturated heterocycles. The number of ether oxygens (including phenoxy) is 2. The minimum Gasteiger partial charge on any atom is -0.473 e. The number of carbonyl (C=O) groups excluding carboxylic acids is 2. The number of hydrogen-bond acceptors (Lipinski definition) is 9. The molecule has 1 aliphatic heterocycles. The van der Waals surface area contributed by atoms with Crippen molar-refractivity contribution >= 4 is 35.0 Å². The number of rotatable bonds is 8. The van der Waals surface area contributed by atoms with Crippen LogP contribution in [0.25, 0.3) is 16.8 Å². The van der Waals surface area contributed by atoms with Gasteiger partial charge >= 0.3 is 6.09 Å². The first-order chi connectivity index (χ1) is 25.8. The van der Waals surface area contributed by atoms with E-state index in [0.717, 1.165) is 17.3 Å². The molecular formula is C39H36F2N8O4. The van der Waals surface area contributed by atoms with Crippen LogP contribution in [-0.2, 0) is 24.4 Å².